The minimum Gasteiger partial charge on any atom is -0.491 e. The van der Waals surface area contributed by atoms with Gasteiger partial charge in [-0.1, -0.05) is 26.7 Å². The molecule has 18 heavy (non-hydrogen) atoms. The molecule has 0 aliphatic rings. The highest BCUT2D eigenvalue weighted by Crippen LogP contribution is 2.34. The summed E-state index contributed by atoms with van der Waals surface area (Å²) in [4.78, 5) is 0. The van der Waals surface area contributed by atoms with Gasteiger partial charge in [0.2, 0.25) is 0 Å². The molecule has 0 heterocycles. The molecule has 0 saturated heterocycles. The van der Waals surface area contributed by atoms with E-state index in [2.05, 4.69) is 0 Å². The van der Waals surface area contributed by atoms with E-state index in [4.69, 9.17) is 4.74 Å². The normalized spacial score (nSPS) is 13.1. The van der Waals surface area contributed by atoms with Crippen molar-refractivity contribution in [1.29, 1.82) is 0 Å². The first-order valence-electron chi connectivity index (χ1n) is 6.63. The predicted molar refractivity (Wildman–Crippen MR) is 71.2 cm³/mol. The summed E-state index contributed by atoms with van der Waals surface area (Å²) in [5, 5.41) is 10.4. The first-order valence-corrected chi connectivity index (χ1v) is 6.63. The van der Waals surface area contributed by atoms with Crippen LogP contribution in [-0.4, -0.2) is 11.2 Å². The van der Waals surface area contributed by atoms with Crippen LogP contribution in [0.4, 0.5) is 4.39 Å². The Morgan fingerprint density at radius 3 is 2.33 bits per heavy atom. The van der Waals surface area contributed by atoms with Crippen LogP contribution in [0, 0.1) is 11.7 Å². The number of benzene rings is 1. The van der Waals surface area contributed by atoms with Crippen molar-refractivity contribution in [3.05, 3.63) is 29.6 Å². The standard InChI is InChI=1S/C15H23FO2/c1-5-11(6-2)15(17)13-8-7-12(16)9-14(13)18-10(3)4/h7-11,15,17H,5-6H2,1-4H3. The van der Waals surface area contributed by atoms with Gasteiger partial charge in [-0.25, -0.2) is 4.39 Å². The van der Waals surface area contributed by atoms with E-state index in [1.165, 1.54) is 12.1 Å². The predicted octanol–water partition coefficient (Wildman–Crippen LogP) is 4.08. The molecule has 0 aliphatic carbocycles. The summed E-state index contributed by atoms with van der Waals surface area (Å²) in [6.45, 7) is 7.87. The Labute approximate surface area is 109 Å². The van der Waals surface area contributed by atoms with Gasteiger partial charge in [0, 0.05) is 11.6 Å². The van der Waals surface area contributed by atoms with Gasteiger partial charge in [-0.15, -0.1) is 0 Å². The van der Waals surface area contributed by atoms with Crippen molar-refractivity contribution < 1.29 is 14.2 Å². The Kier molecular flexibility index (Phi) is 5.60. The van der Waals surface area contributed by atoms with Gasteiger partial charge >= 0.3 is 0 Å². The fraction of sp³-hybridized carbons (Fsp3) is 0.600. The maximum absolute atomic E-state index is 13.3. The van der Waals surface area contributed by atoms with Crippen molar-refractivity contribution in [2.45, 2.75) is 52.7 Å². The van der Waals surface area contributed by atoms with Crippen molar-refractivity contribution in [1.82, 2.24) is 0 Å². The van der Waals surface area contributed by atoms with Crippen LogP contribution in [0.15, 0.2) is 18.2 Å². The average molecular weight is 254 g/mol. The molecule has 1 aromatic rings. The van der Waals surface area contributed by atoms with E-state index in [9.17, 15) is 9.50 Å². The fourth-order valence-electron chi connectivity index (χ4n) is 2.10. The number of halogens is 1. The van der Waals surface area contributed by atoms with Gasteiger partial charge in [0.1, 0.15) is 11.6 Å². The topological polar surface area (TPSA) is 29.5 Å². The molecule has 1 rings (SSSR count). The molecule has 1 unspecified atom stereocenters. The van der Waals surface area contributed by atoms with Crippen LogP contribution >= 0.6 is 0 Å². The van der Waals surface area contributed by atoms with Crippen molar-refractivity contribution in [2.75, 3.05) is 0 Å². The Balaban J connectivity index is 3.06. The fourth-order valence-corrected chi connectivity index (χ4v) is 2.10. The van der Waals surface area contributed by atoms with Crippen LogP contribution in [0.2, 0.25) is 0 Å². The number of hydrogen-bond donors (Lipinski definition) is 1. The van der Waals surface area contributed by atoms with E-state index in [1.54, 1.807) is 6.07 Å². The highest BCUT2D eigenvalue weighted by molar-refractivity contribution is 5.36. The van der Waals surface area contributed by atoms with Gasteiger partial charge in [-0.3, -0.25) is 0 Å². The Morgan fingerprint density at radius 2 is 1.83 bits per heavy atom. The average Bonchev–Trinajstić information content (AvgIpc) is 2.29. The van der Waals surface area contributed by atoms with Crippen molar-refractivity contribution in [3.63, 3.8) is 0 Å². The van der Waals surface area contributed by atoms with Gasteiger partial charge in [-0.2, -0.15) is 0 Å². The van der Waals surface area contributed by atoms with E-state index in [-0.39, 0.29) is 17.8 Å². The Morgan fingerprint density at radius 1 is 1.22 bits per heavy atom. The molecular weight excluding hydrogens is 231 g/mol. The third-order valence-electron chi connectivity index (χ3n) is 3.15. The SMILES string of the molecule is CCC(CC)C(O)c1ccc(F)cc1OC(C)C. The van der Waals surface area contributed by atoms with Crippen LogP contribution in [0.5, 0.6) is 5.75 Å². The van der Waals surface area contributed by atoms with Gasteiger partial charge in [-0.05, 0) is 31.9 Å². The highest BCUT2D eigenvalue weighted by Gasteiger charge is 2.22. The third-order valence-corrected chi connectivity index (χ3v) is 3.15. The maximum atomic E-state index is 13.3. The molecule has 0 saturated carbocycles. The summed E-state index contributed by atoms with van der Waals surface area (Å²) in [5.41, 5.74) is 0.679. The Bertz CT molecular complexity index is 373. The van der Waals surface area contributed by atoms with Gasteiger partial charge in [0.25, 0.3) is 0 Å². The second kappa shape index (κ2) is 6.74. The summed E-state index contributed by atoms with van der Waals surface area (Å²) in [7, 11) is 0. The van der Waals surface area contributed by atoms with Crippen molar-refractivity contribution in [2.24, 2.45) is 5.92 Å². The van der Waals surface area contributed by atoms with Crippen LogP contribution in [0.1, 0.15) is 52.2 Å². The van der Waals surface area contributed by atoms with Gasteiger partial charge in [0.05, 0.1) is 12.2 Å². The molecule has 0 fully saturated rings. The smallest absolute Gasteiger partial charge is 0.128 e. The molecule has 0 aliphatic heterocycles. The lowest BCUT2D eigenvalue weighted by Gasteiger charge is -2.23. The molecule has 0 bridgehead atoms. The van der Waals surface area contributed by atoms with E-state index in [0.717, 1.165) is 12.8 Å². The molecule has 0 radical (unpaired) electrons. The van der Waals surface area contributed by atoms with E-state index in [0.29, 0.717) is 11.3 Å². The molecule has 1 atom stereocenters. The monoisotopic (exact) mass is 254 g/mol. The highest BCUT2D eigenvalue weighted by atomic mass is 19.1. The summed E-state index contributed by atoms with van der Waals surface area (Å²) in [6, 6.07) is 4.34. The van der Waals surface area contributed by atoms with Crippen LogP contribution in [-0.2, 0) is 0 Å². The van der Waals surface area contributed by atoms with Gasteiger partial charge in [0.15, 0.2) is 0 Å². The van der Waals surface area contributed by atoms with E-state index in [1.807, 2.05) is 27.7 Å². The summed E-state index contributed by atoms with van der Waals surface area (Å²) in [5.74, 6) is 0.278. The zero-order chi connectivity index (χ0) is 13.7. The molecule has 1 N–H and O–H groups in total. The van der Waals surface area contributed by atoms with Crippen LogP contribution in [0.25, 0.3) is 0 Å². The lowest BCUT2D eigenvalue weighted by atomic mass is 9.91. The number of hydrogen-bond acceptors (Lipinski definition) is 2. The molecule has 1 aromatic carbocycles. The van der Waals surface area contributed by atoms with Crippen molar-refractivity contribution >= 4 is 0 Å². The lowest BCUT2D eigenvalue weighted by Crippen LogP contribution is -2.14. The van der Waals surface area contributed by atoms with Gasteiger partial charge < -0.3 is 9.84 Å². The number of aliphatic hydroxyl groups excluding tert-OH is 1. The molecule has 3 heteroatoms. The second-order valence-electron chi connectivity index (χ2n) is 4.87. The summed E-state index contributed by atoms with van der Waals surface area (Å²) >= 11 is 0. The first kappa shape index (κ1) is 15.0. The summed E-state index contributed by atoms with van der Waals surface area (Å²) < 4.78 is 18.9. The maximum Gasteiger partial charge on any atom is 0.128 e. The number of rotatable bonds is 6. The molecule has 102 valence electrons. The largest absolute Gasteiger partial charge is 0.491 e. The minimum atomic E-state index is -0.602. The second-order valence-corrected chi connectivity index (χ2v) is 4.87. The third kappa shape index (κ3) is 3.70. The quantitative estimate of drug-likeness (QED) is 0.828. The van der Waals surface area contributed by atoms with Crippen LogP contribution in [0.3, 0.4) is 0 Å². The molecule has 0 spiro atoms. The summed E-state index contributed by atoms with van der Waals surface area (Å²) in [6.07, 6.45) is 1.13. The molecule has 0 amide bonds. The minimum absolute atomic E-state index is 0.0422. The molecule has 2 nitrogen and oxygen atoms in total. The number of ether oxygens (including phenoxy) is 1. The Hall–Kier alpha value is -1.09. The zero-order valence-corrected chi connectivity index (χ0v) is 11.6. The number of aliphatic hydroxyl groups is 1. The molecule has 0 aromatic heterocycles. The van der Waals surface area contributed by atoms with Crippen molar-refractivity contribution in [3.8, 4) is 5.75 Å². The first-order chi connectivity index (χ1) is 8.49. The van der Waals surface area contributed by atoms with Crippen LogP contribution < -0.4 is 4.74 Å². The zero-order valence-electron chi connectivity index (χ0n) is 11.6. The van der Waals surface area contributed by atoms with E-state index < -0.39 is 6.10 Å². The van der Waals surface area contributed by atoms with E-state index >= 15 is 0 Å². The lowest BCUT2D eigenvalue weighted by molar-refractivity contribution is 0.0975. The molecular formula is C15H23FO2.